The van der Waals surface area contributed by atoms with Crippen LogP contribution in [-0.4, -0.2) is 8.80 Å². The summed E-state index contributed by atoms with van der Waals surface area (Å²) in [6, 6.07) is 23.7. The molecule has 1 aliphatic carbocycles. The molecule has 0 amide bonds. The highest BCUT2D eigenvalue weighted by Crippen LogP contribution is 2.29. The lowest BCUT2D eigenvalue weighted by molar-refractivity contribution is 0.496. The molecule has 3 rings (SSSR count). The van der Waals surface area contributed by atoms with E-state index in [2.05, 4.69) is 60.7 Å². The minimum atomic E-state index is -0.591. The van der Waals surface area contributed by atoms with E-state index in [0.29, 0.717) is 0 Å². The van der Waals surface area contributed by atoms with Gasteiger partial charge in [0, 0.05) is 0 Å². The summed E-state index contributed by atoms with van der Waals surface area (Å²) in [4.78, 5) is 0. The van der Waals surface area contributed by atoms with Crippen LogP contribution in [0.1, 0.15) is 38.5 Å². The molecule has 0 aromatic heterocycles. The predicted molar refractivity (Wildman–Crippen MR) is 93.9 cm³/mol. The van der Waals surface area contributed by atoms with Gasteiger partial charge in [-0.2, -0.15) is 0 Å². The summed E-state index contributed by atoms with van der Waals surface area (Å²) in [6.07, 6.45) is 8.77. The molecule has 21 heavy (non-hydrogen) atoms. The lowest BCUT2D eigenvalue weighted by Crippen LogP contribution is -2.41. The first-order chi connectivity index (χ1) is 10.4. The highest BCUT2D eigenvalue weighted by Gasteiger charge is 2.19. The Morgan fingerprint density at radius 2 is 1.29 bits per heavy atom. The van der Waals surface area contributed by atoms with Gasteiger partial charge in [0.15, 0.2) is 0 Å². The molecule has 0 unspecified atom stereocenters. The lowest BCUT2D eigenvalue weighted by Gasteiger charge is -2.17. The monoisotopic (exact) mass is 293 g/mol. The Balaban J connectivity index is 1.67. The molecular weight excluding hydrogens is 268 g/mol. The molecule has 0 aliphatic heterocycles. The smallest absolute Gasteiger partial charge is 0.0628 e. The molecule has 1 heteroatoms. The van der Waals surface area contributed by atoms with Gasteiger partial charge in [-0.05, 0) is 5.92 Å². The zero-order valence-corrected chi connectivity index (χ0v) is 13.8. The molecular formula is C20H25Si. The van der Waals surface area contributed by atoms with E-state index in [-0.39, 0.29) is 0 Å². The third-order valence-corrected chi connectivity index (χ3v) is 7.67. The highest BCUT2D eigenvalue weighted by atomic mass is 28.3. The van der Waals surface area contributed by atoms with Crippen molar-refractivity contribution in [3.63, 3.8) is 0 Å². The van der Waals surface area contributed by atoms with Gasteiger partial charge in [-0.15, -0.1) is 0 Å². The van der Waals surface area contributed by atoms with Crippen LogP contribution in [0.4, 0.5) is 0 Å². The van der Waals surface area contributed by atoms with Gasteiger partial charge >= 0.3 is 0 Å². The van der Waals surface area contributed by atoms with E-state index in [9.17, 15) is 0 Å². The zero-order chi connectivity index (χ0) is 14.3. The number of hydrogen-bond donors (Lipinski definition) is 0. The normalized spacial score (nSPS) is 15.7. The van der Waals surface area contributed by atoms with E-state index in [0.717, 1.165) is 5.92 Å². The van der Waals surface area contributed by atoms with Crippen molar-refractivity contribution in [3.8, 4) is 0 Å². The Morgan fingerprint density at radius 3 is 1.81 bits per heavy atom. The maximum absolute atomic E-state index is 2.33. The molecule has 109 valence electrons. The highest BCUT2D eigenvalue weighted by molar-refractivity contribution is 6.85. The van der Waals surface area contributed by atoms with Crippen molar-refractivity contribution in [2.75, 3.05) is 0 Å². The van der Waals surface area contributed by atoms with Crippen LogP contribution in [0.2, 0.25) is 6.04 Å². The molecule has 2 aromatic carbocycles. The molecule has 1 saturated carbocycles. The van der Waals surface area contributed by atoms with Crippen LogP contribution in [0, 0.1) is 5.92 Å². The van der Waals surface area contributed by atoms with E-state index < -0.39 is 8.80 Å². The second-order valence-electron chi connectivity index (χ2n) is 6.25. The first-order valence-corrected chi connectivity index (χ1v) is 10.1. The maximum Gasteiger partial charge on any atom is 0.121 e. The fraction of sp³-hybridized carbons (Fsp3) is 0.400. The molecule has 0 heterocycles. The maximum atomic E-state index is 2.33. The first-order valence-electron chi connectivity index (χ1n) is 8.40. The molecule has 0 N–H and O–H groups in total. The van der Waals surface area contributed by atoms with Gasteiger partial charge in [0.25, 0.3) is 0 Å². The van der Waals surface area contributed by atoms with Crippen molar-refractivity contribution in [2.45, 2.75) is 44.6 Å². The van der Waals surface area contributed by atoms with Crippen LogP contribution in [0.15, 0.2) is 60.7 Å². The first kappa shape index (κ1) is 14.6. The van der Waals surface area contributed by atoms with Gasteiger partial charge in [-0.25, -0.2) is 0 Å². The third kappa shape index (κ3) is 4.07. The topological polar surface area (TPSA) is 0 Å². The standard InChI is InChI=1S/C20H25Si/c1-3-13-19(14-4-1)21(20-15-5-2-6-16-20)17-9-12-18-10-7-8-11-18/h1-6,13-16,18H,7-12,17H2. The quantitative estimate of drug-likeness (QED) is 0.698. The van der Waals surface area contributed by atoms with Crippen molar-refractivity contribution >= 4 is 19.2 Å². The Kier molecular flexibility index (Phi) is 5.28. The molecule has 1 aliphatic rings. The van der Waals surface area contributed by atoms with Crippen LogP contribution >= 0.6 is 0 Å². The van der Waals surface area contributed by atoms with Crippen LogP contribution in [-0.2, 0) is 0 Å². The Bertz CT molecular complexity index is 475. The van der Waals surface area contributed by atoms with Crippen LogP contribution in [0.3, 0.4) is 0 Å². The fourth-order valence-electron chi connectivity index (χ4n) is 3.60. The molecule has 2 aromatic rings. The van der Waals surface area contributed by atoms with Gasteiger partial charge in [0.1, 0.15) is 8.80 Å². The number of hydrogen-bond acceptors (Lipinski definition) is 0. The van der Waals surface area contributed by atoms with Crippen LogP contribution in [0.25, 0.3) is 0 Å². The summed E-state index contributed by atoms with van der Waals surface area (Å²) in [6.45, 7) is 0. The van der Waals surface area contributed by atoms with Gasteiger partial charge in [0.2, 0.25) is 0 Å². The third-order valence-electron chi connectivity index (χ3n) is 4.76. The molecule has 0 atom stereocenters. The van der Waals surface area contributed by atoms with E-state index in [1.807, 2.05) is 0 Å². The van der Waals surface area contributed by atoms with Crippen molar-refractivity contribution in [1.29, 1.82) is 0 Å². The summed E-state index contributed by atoms with van der Waals surface area (Å²) in [5.41, 5.74) is 0. The van der Waals surface area contributed by atoms with Crippen molar-refractivity contribution < 1.29 is 0 Å². The second-order valence-corrected chi connectivity index (χ2v) is 8.87. The van der Waals surface area contributed by atoms with E-state index in [1.54, 1.807) is 10.4 Å². The summed E-state index contributed by atoms with van der Waals surface area (Å²) in [7, 11) is -0.591. The molecule has 0 nitrogen and oxygen atoms in total. The molecule has 0 spiro atoms. The van der Waals surface area contributed by atoms with Gasteiger partial charge in [-0.1, -0.05) is 116 Å². The van der Waals surface area contributed by atoms with Gasteiger partial charge in [-0.3, -0.25) is 0 Å². The van der Waals surface area contributed by atoms with Crippen molar-refractivity contribution in [1.82, 2.24) is 0 Å². The molecule has 0 saturated heterocycles. The molecule has 1 fully saturated rings. The summed E-state index contributed by atoms with van der Waals surface area (Å²) in [5, 5.41) is 3.14. The summed E-state index contributed by atoms with van der Waals surface area (Å²) < 4.78 is 0. The van der Waals surface area contributed by atoms with E-state index in [4.69, 9.17) is 0 Å². The second kappa shape index (κ2) is 7.60. The van der Waals surface area contributed by atoms with Gasteiger partial charge < -0.3 is 0 Å². The Hall–Kier alpha value is -1.34. The summed E-state index contributed by atoms with van der Waals surface area (Å²) >= 11 is 0. The van der Waals surface area contributed by atoms with Crippen molar-refractivity contribution in [3.05, 3.63) is 60.7 Å². The largest absolute Gasteiger partial charge is 0.121 e. The minimum absolute atomic E-state index is 0.591. The number of rotatable bonds is 6. The Morgan fingerprint density at radius 1 is 0.762 bits per heavy atom. The summed E-state index contributed by atoms with van der Waals surface area (Å²) in [5.74, 6) is 1.03. The number of benzene rings is 2. The average Bonchev–Trinajstić information content (AvgIpc) is 3.07. The fourth-order valence-corrected chi connectivity index (χ4v) is 6.26. The SMILES string of the molecule is c1ccc([Si](CCCC2CCCC2)c2ccccc2)cc1. The minimum Gasteiger partial charge on any atom is -0.0628 e. The van der Waals surface area contributed by atoms with Crippen LogP contribution in [0.5, 0.6) is 0 Å². The average molecular weight is 294 g/mol. The molecule has 1 radical (unpaired) electrons. The van der Waals surface area contributed by atoms with E-state index in [1.165, 1.54) is 44.6 Å². The molecule has 0 bridgehead atoms. The van der Waals surface area contributed by atoms with Gasteiger partial charge in [0.05, 0.1) is 0 Å². The zero-order valence-electron chi connectivity index (χ0n) is 12.8. The van der Waals surface area contributed by atoms with Crippen LogP contribution < -0.4 is 10.4 Å². The lowest BCUT2D eigenvalue weighted by atomic mass is 10.0. The van der Waals surface area contributed by atoms with Crippen molar-refractivity contribution in [2.24, 2.45) is 5.92 Å². The Labute approximate surface area is 130 Å². The predicted octanol–water partition coefficient (Wildman–Crippen LogP) is 4.27. The van der Waals surface area contributed by atoms with E-state index >= 15 is 0 Å².